The van der Waals surface area contributed by atoms with Crippen molar-refractivity contribution < 1.29 is 19.1 Å². The molecule has 8 heteroatoms. The minimum absolute atomic E-state index is 0.0116. The number of primary amides is 1. The van der Waals surface area contributed by atoms with Gasteiger partial charge in [0.05, 0.1) is 9.88 Å². The molecule has 0 aliphatic heterocycles. The number of carbonyl (C=O) groups is 3. The molecule has 2 aromatic rings. The van der Waals surface area contributed by atoms with Gasteiger partial charge in [-0.1, -0.05) is 6.07 Å². The minimum Gasteiger partial charge on any atom is -0.484 e. The van der Waals surface area contributed by atoms with Crippen LogP contribution < -0.4 is 21.1 Å². The third-order valence-electron chi connectivity index (χ3n) is 3.79. The van der Waals surface area contributed by atoms with Crippen molar-refractivity contribution in [3.05, 3.63) is 40.8 Å². The van der Waals surface area contributed by atoms with Crippen LogP contribution in [0, 0.1) is 12.8 Å². The molecule has 3 rings (SSSR count). The molecule has 0 spiro atoms. The Kier molecular flexibility index (Phi) is 5.22. The molecule has 0 atom stereocenters. The molecule has 1 aliphatic carbocycles. The van der Waals surface area contributed by atoms with Gasteiger partial charge in [-0.25, -0.2) is 0 Å². The molecule has 1 aromatic heterocycles. The van der Waals surface area contributed by atoms with Gasteiger partial charge in [0.2, 0.25) is 5.91 Å². The van der Waals surface area contributed by atoms with Crippen molar-refractivity contribution in [1.82, 2.24) is 0 Å². The van der Waals surface area contributed by atoms with Gasteiger partial charge in [0, 0.05) is 17.7 Å². The molecule has 4 N–H and O–H groups in total. The van der Waals surface area contributed by atoms with Crippen molar-refractivity contribution in [3.63, 3.8) is 0 Å². The number of anilines is 2. The highest BCUT2D eigenvalue weighted by Gasteiger charge is 2.30. The molecule has 7 nitrogen and oxygen atoms in total. The molecule has 3 amide bonds. The first-order chi connectivity index (χ1) is 12.4. The number of amides is 3. The molecule has 136 valence electrons. The number of rotatable bonds is 7. The van der Waals surface area contributed by atoms with Crippen molar-refractivity contribution in [2.75, 3.05) is 17.2 Å². The number of hydrogen-bond donors (Lipinski definition) is 3. The normalized spacial score (nSPS) is 13.1. The SMILES string of the molecule is Cc1cc(NC(=O)C2CC2)sc1C(=O)Nc1cccc(OCC(N)=O)c1. The van der Waals surface area contributed by atoms with Gasteiger partial charge in [0.15, 0.2) is 6.61 Å². The second kappa shape index (κ2) is 7.57. The predicted octanol–water partition coefficient (Wildman–Crippen LogP) is 2.52. The van der Waals surface area contributed by atoms with Crippen LogP contribution in [0.25, 0.3) is 0 Å². The Morgan fingerprint density at radius 1 is 1.23 bits per heavy atom. The summed E-state index contributed by atoms with van der Waals surface area (Å²) in [5.41, 5.74) is 6.38. The average molecular weight is 373 g/mol. The molecule has 26 heavy (non-hydrogen) atoms. The van der Waals surface area contributed by atoms with Gasteiger partial charge >= 0.3 is 0 Å². The van der Waals surface area contributed by atoms with Gasteiger partial charge in [-0.2, -0.15) is 0 Å². The van der Waals surface area contributed by atoms with Crippen LogP contribution in [0.1, 0.15) is 28.1 Å². The largest absolute Gasteiger partial charge is 0.484 e. The second-order valence-electron chi connectivity index (χ2n) is 6.12. The number of carbonyl (C=O) groups excluding carboxylic acids is 3. The number of hydrogen-bond acceptors (Lipinski definition) is 5. The number of nitrogens with two attached hydrogens (primary N) is 1. The van der Waals surface area contributed by atoms with Crippen molar-refractivity contribution in [1.29, 1.82) is 0 Å². The topological polar surface area (TPSA) is 111 Å². The number of thiophene rings is 1. The highest BCUT2D eigenvalue weighted by Crippen LogP contribution is 2.33. The van der Waals surface area contributed by atoms with E-state index in [2.05, 4.69) is 10.6 Å². The van der Waals surface area contributed by atoms with Crippen molar-refractivity contribution >= 4 is 39.7 Å². The van der Waals surface area contributed by atoms with E-state index in [1.54, 1.807) is 30.3 Å². The first kappa shape index (κ1) is 17.9. The molecular weight excluding hydrogens is 354 g/mol. The maximum atomic E-state index is 12.5. The van der Waals surface area contributed by atoms with Crippen LogP contribution in [-0.2, 0) is 9.59 Å². The Labute approximate surface area is 154 Å². The van der Waals surface area contributed by atoms with E-state index in [4.69, 9.17) is 10.5 Å². The summed E-state index contributed by atoms with van der Waals surface area (Å²) in [4.78, 5) is 35.7. The van der Waals surface area contributed by atoms with Crippen LogP contribution in [0.15, 0.2) is 30.3 Å². The third kappa shape index (κ3) is 4.60. The van der Waals surface area contributed by atoms with Crippen LogP contribution >= 0.6 is 11.3 Å². The standard InChI is InChI=1S/C18H19N3O4S/c1-10-7-15(21-17(23)11-5-6-11)26-16(10)18(24)20-12-3-2-4-13(8-12)25-9-14(19)22/h2-4,7-8,11H,5-6,9H2,1H3,(H2,19,22)(H,20,24)(H,21,23). The zero-order chi connectivity index (χ0) is 18.7. The summed E-state index contributed by atoms with van der Waals surface area (Å²) in [7, 11) is 0. The zero-order valence-corrected chi connectivity index (χ0v) is 15.0. The molecule has 0 saturated heterocycles. The van der Waals surface area contributed by atoms with Gasteiger partial charge in [0.1, 0.15) is 5.75 Å². The molecule has 1 heterocycles. The molecule has 1 aliphatic rings. The third-order valence-corrected chi connectivity index (χ3v) is 4.94. The summed E-state index contributed by atoms with van der Waals surface area (Å²) in [6.45, 7) is 1.59. The van der Waals surface area contributed by atoms with Crippen LogP contribution in [0.2, 0.25) is 0 Å². The summed E-state index contributed by atoms with van der Waals surface area (Å²) in [5.74, 6) is -0.293. The van der Waals surface area contributed by atoms with E-state index in [0.29, 0.717) is 21.3 Å². The Balaban J connectivity index is 1.66. The Morgan fingerprint density at radius 3 is 2.69 bits per heavy atom. The lowest BCUT2D eigenvalue weighted by atomic mass is 10.2. The van der Waals surface area contributed by atoms with E-state index in [-0.39, 0.29) is 24.3 Å². The number of aryl methyl sites for hydroxylation is 1. The molecule has 1 saturated carbocycles. The monoisotopic (exact) mass is 373 g/mol. The smallest absolute Gasteiger partial charge is 0.266 e. The van der Waals surface area contributed by atoms with E-state index in [1.165, 1.54) is 11.3 Å². The predicted molar refractivity (Wildman–Crippen MR) is 99.5 cm³/mol. The van der Waals surface area contributed by atoms with Gasteiger partial charge in [-0.3, -0.25) is 14.4 Å². The fraction of sp³-hybridized carbons (Fsp3) is 0.278. The number of nitrogens with one attached hydrogen (secondary N) is 2. The molecule has 0 unspecified atom stereocenters. The lowest BCUT2D eigenvalue weighted by molar-refractivity contribution is -0.120. The zero-order valence-electron chi connectivity index (χ0n) is 14.2. The lowest BCUT2D eigenvalue weighted by Crippen LogP contribution is -2.20. The second-order valence-corrected chi connectivity index (χ2v) is 7.18. The van der Waals surface area contributed by atoms with Crippen LogP contribution in [0.5, 0.6) is 5.75 Å². The van der Waals surface area contributed by atoms with Gasteiger partial charge in [0.25, 0.3) is 11.8 Å². The van der Waals surface area contributed by atoms with Crippen molar-refractivity contribution in [2.45, 2.75) is 19.8 Å². The summed E-state index contributed by atoms with van der Waals surface area (Å²) in [5, 5.41) is 6.32. The molecule has 0 bridgehead atoms. The summed E-state index contributed by atoms with van der Waals surface area (Å²) in [6, 6.07) is 8.49. The fourth-order valence-electron chi connectivity index (χ4n) is 2.34. The molecule has 1 fully saturated rings. The minimum atomic E-state index is -0.575. The average Bonchev–Trinajstić information content (AvgIpc) is 3.37. The number of benzene rings is 1. The first-order valence-electron chi connectivity index (χ1n) is 8.16. The number of ether oxygens (including phenoxy) is 1. The summed E-state index contributed by atoms with van der Waals surface area (Å²) >= 11 is 1.24. The molecule has 1 aromatic carbocycles. The highest BCUT2D eigenvalue weighted by molar-refractivity contribution is 7.18. The summed E-state index contributed by atoms with van der Waals surface area (Å²) < 4.78 is 5.22. The first-order valence-corrected chi connectivity index (χ1v) is 8.98. The van der Waals surface area contributed by atoms with Crippen LogP contribution in [-0.4, -0.2) is 24.3 Å². The lowest BCUT2D eigenvalue weighted by Gasteiger charge is -2.08. The van der Waals surface area contributed by atoms with Crippen LogP contribution in [0.3, 0.4) is 0 Å². The van der Waals surface area contributed by atoms with E-state index >= 15 is 0 Å². The van der Waals surface area contributed by atoms with Gasteiger partial charge in [-0.15, -0.1) is 11.3 Å². The Hall–Kier alpha value is -2.87. The van der Waals surface area contributed by atoms with Crippen LogP contribution in [0.4, 0.5) is 10.7 Å². The molecule has 0 radical (unpaired) electrons. The van der Waals surface area contributed by atoms with Crippen molar-refractivity contribution in [2.24, 2.45) is 11.7 Å². The van der Waals surface area contributed by atoms with Gasteiger partial charge < -0.3 is 21.1 Å². The molecular formula is C18H19N3O4S. The highest BCUT2D eigenvalue weighted by atomic mass is 32.1. The van der Waals surface area contributed by atoms with Gasteiger partial charge in [-0.05, 0) is 43.5 Å². The van der Waals surface area contributed by atoms with E-state index < -0.39 is 5.91 Å². The fourth-order valence-corrected chi connectivity index (χ4v) is 3.31. The van der Waals surface area contributed by atoms with E-state index in [9.17, 15) is 14.4 Å². The Bertz CT molecular complexity index is 858. The maximum Gasteiger partial charge on any atom is 0.266 e. The van der Waals surface area contributed by atoms with E-state index in [1.807, 2.05) is 6.92 Å². The van der Waals surface area contributed by atoms with Crippen molar-refractivity contribution in [3.8, 4) is 5.75 Å². The van der Waals surface area contributed by atoms with E-state index in [0.717, 1.165) is 18.4 Å². The Morgan fingerprint density at radius 2 is 2.00 bits per heavy atom. The maximum absolute atomic E-state index is 12.5. The quantitative estimate of drug-likeness (QED) is 0.692. The summed E-state index contributed by atoms with van der Waals surface area (Å²) in [6.07, 6.45) is 1.86.